The van der Waals surface area contributed by atoms with E-state index in [2.05, 4.69) is 0 Å². The second kappa shape index (κ2) is 8.32. The fourth-order valence-electron chi connectivity index (χ4n) is 3.03. The Hall–Kier alpha value is -0.400. The number of rotatable bonds is 5. The van der Waals surface area contributed by atoms with Gasteiger partial charge in [0.25, 0.3) is 0 Å². The van der Waals surface area contributed by atoms with Crippen LogP contribution in [0.15, 0.2) is 0 Å². The van der Waals surface area contributed by atoms with Gasteiger partial charge in [0.1, 0.15) is 48.8 Å². The van der Waals surface area contributed by atoms with Gasteiger partial charge in [-0.3, -0.25) is 0 Å². The Bertz CT molecular complexity index is 396. The van der Waals surface area contributed by atoms with Crippen molar-refractivity contribution >= 4 is 0 Å². The molecule has 2 rings (SSSR count). The van der Waals surface area contributed by atoms with Gasteiger partial charge in [0.15, 0.2) is 6.29 Å². The molecular weight excluding hydrogens is 328 g/mol. The van der Waals surface area contributed by atoms with Crippen LogP contribution in [-0.2, 0) is 18.9 Å². The normalized spacial score (nSPS) is 50.0. The predicted octanol–water partition coefficient (Wildman–Crippen LogP) is -3.67. The quantitative estimate of drug-likeness (QED) is 0.290. The highest BCUT2D eigenvalue weighted by molar-refractivity contribution is 4.95. The lowest BCUT2D eigenvalue weighted by atomic mass is 9.95. The molecule has 0 aromatic carbocycles. The average Bonchev–Trinajstić information content (AvgIpc) is 2.57. The number of hydrogen-bond acceptors (Lipinski definition) is 10. The zero-order valence-electron chi connectivity index (χ0n) is 13.5. The SMILES string of the molecule is CO[C@@H]1C(O)C(CO)O[C@H](O[C@@H]2C(O)C(CO)O[C@@H](C)[C@H]2O)[C@H]1O. The van der Waals surface area contributed by atoms with Crippen molar-refractivity contribution in [1.29, 1.82) is 0 Å². The van der Waals surface area contributed by atoms with Gasteiger partial charge in [-0.15, -0.1) is 0 Å². The Labute approximate surface area is 139 Å². The van der Waals surface area contributed by atoms with Gasteiger partial charge in [0.2, 0.25) is 0 Å². The molecule has 10 heteroatoms. The molecule has 0 radical (unpaired) electrons. The second-order valence-electron chi connectivity index (χ2n) is 6.05. The molecule has 142 valence electrons. The van der Waals surface area contributed by atoms with E-state index in [1.165, 1.54) is 7.11 Å². The van der Waals surface area contributed by atoms with Gasteiger partial charge in [-0.2, -0.15) is 0 Å². The fourth-order valence-corrected chi connectivity index (χ4v) is 3.03. The highest BCUT2D eigenvalue weighted by Crippen LogP contribution is 2.29. The van der Waals surface area contributed by atoms with Gasteiger partial charge < -0.3 is 49.6 Å². The third-order valence-corrected chi connectivity index (χ3v) is 4.49. The summed E-state index contributed by atoms with van der Waals surface area (Å²) in [5.41, 5.74) is 0. The molecular formula is C14H26O10. The monoisotopic (exact) mass is 354 g/mol. The first-order valence-electron chi connectivity index (χ1n) is 7.78. The van der Waals surface area contributed by atoms with E-state index in [-0.39, 0.29) is 0 Å². The topological polar surface area (TPSA) is 158 Å². The standard InChI is InChI=1S/C14H26O10/c1-5-8(17)13(10(19)6(3-15)22-5)24-14-11(20)12(21-2)9(18)7(4-16)23-14/h5-20H,3-4H2,1-2H3/t5-,6?,7?,8+,9?,10?,11-,12+,13-,14+/m0/s1. The van der Waals surface area contributed by atoms with E-state index in [0.717, 1.165) is 0 Å². The maximum absolute atomic E-state index is 10.2. The van der Waals surface area contributed by atoms with Crippen LogP contribution in [0.3, 0.4) is 0 Å². The van der Waals surface area contributed by atoms with E-state index in [1.54, 1.807) is 6.92 Å². The molecule has 0 saturated carbocycles. The molecule has 10 nitrogen and oxygen atoms in total. The lowest BCUT2D eigenvalue weighted by Crippen LogP contribution is -2.64. The number of methoxy groups -OCH3 is 1. The minimum Gasteiger partial charge on any atom is -0.394 e. The van der Waals surface area contributed by atoms with Crippen molar-refractivity contribution in [2.24, 2.45) is 0 Å². The Balaban J connectivity index is 2.14. The van der Waals surface area contributed by atoms with Crippen LogP contribution >= 0.6 is 0 Å². The molecule has 24 heavy (non-hydrogen) atoms. The highest BCUT2D eigenvalue weighted by atomic mass is 16.7. The summed E-state index contributed by atoms with van der Waals surface area (Å²) in [4.78, 5) is 0. The number of hydrogen-bond donors (Lipinski definition) is 6. The van der Waals surface area contributed by atoms with Crippen molar-refractivity contribution in [1.82, 2.24) is 0 Å². The zero-order valence-corrected chi connectivity index (χ0v) is 13.5. The van der Waals surface area contributed by atoms with Gasteiger partial charge >= 0.3 is 0 Å². The fraction of sp³-hybridized carbons (Fsp3) is 1.00. The molecule has 10 atom stereocenters. The van der Waals surface area contributed by atoms with Crippen LogP contribution < -0.4 is 0 Å². The van der Waals surface area contributed by atoms with Crippen molar-refractivity contribution in [3.8, 4) is 0 Å². The molecule has 6 N–H and O–H groups in total. The van der Waals surface area contributed by atoms with E-state index in [1.807, 2.05) is 0 Å². The van der Waals surface area contributed by atoms with E-state index in [9.17, 15) is 30.6 Å². The van der Waals surface area contributed by atoms with Crippen molar-refractivity contribution in [3.63, 3.8) is 0 Å². The molecule has 2 aliphatic rings. The van der Waals surface area contributed by atoms with Gasteiger partial charge in [-0.1, -0.05) is 0 Å². The zero-order chi connectivity index (χ0) is 18.0. The smallest absolute Gasteiger partial charge is 0.187 e. The van der Waals surface area contributed by atoms with E-state index in [4.69, 9.17) is 18.9 Å². The summed E-state index contributed by atoms with van der Waals surface area (Å²) in [6.45, 7) is 0.527. The third-order valence-electron chi connectivity index (χ3n) is 4.49. The Morgan fingerprint density at radius 1 is 0.792 bits per heavy atom. The largest absolute Gasteiger partial charge is 0.394 e. The second-order valence-corrected chi connectivity index (χ2v) is 6.05. The van der Waals surface area contributed by atoms with Crippen LogP contribution in [0.4, 0.5) is 0 Å². The first-order chi connectivity index (χ1) is 11.3. The summed E-state index contributed by atoms with van der Waals surface area (Å²) in [6, 6.07) is 0. The lowest BCUT2D eigenvalue weighted by Gasteiger charge is -2.46. The summed E-state index contributed by atoms with van der Waals surface area (Å²) in [6.07, 6.45) is -11.7. The van der Waals surface area contributed by atoms with E-state index < -0.39 is 74.4 Å². The summed E-state index contributed by atoms with van der Waals surface area (Å²) < 4.78 is 21.1. The Morgan fingerprint density at radius 3 is 1.88 bits per heavy atom. The maximum atomic E-state index is 10.2. The van der Waals surface area contributed by atoms with Crippen LogP contribution in [0.2, 0.25) is 0 Å². The van der Waals surface area contributed by atoms with Crippen LogP contribution in [0, 0.1) is 0 Å². The van der Waals surface area contributed by atoms with E-state index in [0.29, 0.717) is 0 Å². The highest BCUT2D eigenvalue weighted by Gasteiger charge is 2.50. The third kappa shape index (κ3) is 3.73. The van der Waals surface area contributed by atoms with Crippen LogP contribution in [0.25, 0.3) is 0 Å². The molecule has 0 bridgehead atoms. The summed E-state index contributed by atoms with van der Waals surface area (Å²) in [5, 5.41) is 59.1. The first kappa shape index (κ1) is 19.9. The summed E-state index contributed by atoms with van der Waals surface area (Å²) >= 11 is 0. The molecule has 0 amide bonds. The summed E-state index contributed by atoms with van der Waals surface area (Å²) in [7, 11) is 1.27. The van der Waals surface area contributed by atoms with Crippen molar-refractivity contribution < 1.29 is 49.6 Å². The van der Waals surface area contributed by atoms with Crippen molar-refractivity contribution in [3.05, 3.63) is 0 Å². The molecule has 0 spiro atoms. The summed E-state index contributed by atoms with van der Waals surface area (Å²) in [5.74, 6) is 0. The van der Waals surface area contributed by atoms with Crippen molar-refractivity contribution in [2.75, 3.05) is 20.3 Å². The minimum atomic E-state index is -1.42. The molecule has 4 unspecified atom stereocenters. The molecule has 0 aromatic heterocycles. The lowest BCUT2D eigenvalue weighted by molar-refractivity contribution is -0.342. The maximum Gasteiger partial charge on any atom is 0.187 e. The molecule has 2 fully saturated rings. The predicted molar refractivity (Wildman–Crippen MR) is 76.9 cm³/mol. The minimum absolute atomic E-state index is 0.481. The van der Waals surface area contributed by atoms with Crippen LogP contribution in [0.1, 0.15) is 6.92 Å². The van der Waals surface area contributed by atoms with E-state index >= 15 is 0 Å². The van der Waals surface area contributed by atoms with Gasteiger partial charge in [-0.05, 0) is 6.92 Å². The molecule has 2 saturated heterocycles. The molecule has 2 aliphatic heterocycles. The molecule has 0 aromatic rings. The van der Waals surface area contributed by atoms with Crippen LogP contribution in [0.5, 0.6) is 0 Å². The number of aliphatic hydroxyl groups excluding tert-OH is 6. The Kier molecular flexibility index (Phi) is 6.90. The van der Waals surface area contributed by atoms with Gasteiger partial charge in [0, 0.05) is 7.11 Å². The average molecular weight is 354 g/mol. The van der Waals surface area contributed by atoms with Crippen LogP contribution in [-0.4, -0.2) is 112 Å². The van der Waals surface area contributed by atoms with Gasteiger partial charge in [0.05, 0.1) is 19.3 Å². The molecule has 2 heterocycles. The molecule has 0 aliphatic carbocycles. The first-order valence-corrected chi connectivity index (χ1v) is 7.78. The van der Waals surface area contributed by atoms with Crippen molar-refractivity contribution in [2.45, 2.75) is 68.1 Å². The number of aliphatic hydroxyl groups is 6. The Morgan fingerprint density at radius 2 is 1.33 bits per heavy atom. The van der Waals surface area contributed by atoms with Gasteiger partial charge in [-0.25, -0.2) is 0 Å². The number of ether oxygens (including phenoxy) is 4.